The molecule has 1 aliphatic rings. The van der Waals surface area contributed by atoms with Gasteiger partial charge in [-0.1, -0.05) is 29.8 Å². The summed E-state index contributed by atoms with van der Waals surface area (Å²) in [7, 11) is 0. The highest BCUT2D eigenvalue weighted by Crippen LogP contribution is 2.41. The highest BCUT2D eigenvalue weighted by atomic mass is 16.5. The van der Waals surface area contributed by atoms with E-state index in [0.717, 1.165) is 22.6 Å². The lowest BCUT2D eigenvalue weighted by atomic mass is 10.1. The Bertz CT molecular complexity index is 766. The largest absolute Gasteiger partial charge is 0.489 e. The summed E-state index contributed by atoms with van der Waals surface area (Å²) in [5, 5.41) is 2.85. The summed E-state index contributed by atoms with van der Waals surface area (Å²) in [5.74, 6) is 1.48. The van der Waals surface area contributed by atoms with Crippen molar-refractivity contribution >= 4 is 11.8 Å². The van der Waals surface area contributed by atoms with Crippen molar-refractivity contribution in [2.45, 2.75) is 46.1 Å². The molecule has 3 rings (SSSR count). The van der Waals surface area contributed by atoms with Gasteiger partial charge in [0, 0.05) is 5.56 Å². The first kappa shape index (κ1) is 17.3. The minimum absolute atomic E-state index is 0.350. The molecule has 132 valence electrons. The molecule has 1 N–H and O–H groups in total. The number of hydrogen-bond acceptors (Lipinski definition) is 3. The monoisotopic (exact) mass is 339 g/mol. The number of rotatable bonds is 6. The van der Waals surface area contributed by atoms with Crippen LogP contribution >= 0.6 is 0 Å². The SMILES string of the molecule is CCOC(=O)Nc1cc(C2CC2)ccc1COc1ccc(C)cc1C. The molecule has 0 radical (unpaired) electrons. The lowest BCUT2D eigenvalue weighted by Crippen LogP contribution is -2.15. The molecule has 0 aliphatic heterocycles. The number of carbonyl (C=O) groups excluding carboxylic acids is 1. The second-order valence-corrected chi connectivity index (χ2v) is 6.59. The third kappa shape index (κ3) is 4.53. The molecule has 1 aliphatic carbocycles. The number of nitrogens with one attached hydrogen (secondary N) is 1. The van der Waals surface area contributed by atoms with Crippen molar-refractivity contribution in [2.75, 3.05) is 11.9 Å². The van der Waals surface area contributed by atoms with Crippen LogP contribution in [-0.2, 0) is 11.3 Å². The van der Waals surface area contributed by atoms with Gasteiger partial charge in [0.25, 0.3) is 0 Å². The minimum atomic E-state index is -0.428. The van der Waals surface area contributed by atoms with Crippen molar-refractivity contribution in [3.8, 4) is 5.75 Å². The Labute approximate surface area is 149 Å². The second kappa shape index (κ2) is 7.60. The third-order valence-electron chi connectivity index (χ3n) is 4.41. The minimum Gasteiger partial charge on any atom is -0.489 e. The average Bonchev–Trinajstić information content (AvgIpc) is 3.40. The fourth-order valence-electron chi connectivity index (χ4n) is 2.90. The van der Waals surface area contributed by atoms with Gasteiger partial charge in [0.2, 0.25) is 0 Å². The molecule has 1 saturated carbocycles. The van der Waals surface area contributed by atoms with Crippen LogP contribution in [0.25, 0.3) is 0 Å². The molecule has 0 aromatic heterocycles. The average molecular weight is 339 g/mol. The van der Waals surface area contributed by atoms with E-state index in [2.05, 4.69) is 30.4 Å². The molecule has 4 heteroatoms. The standard InChI is InChI=1S/C21H25NO3/c1-4-24-21(23)22-19-12-17(16-6-7-16)8-9-18(19)13-25-20-10-5-14(2)11-15(20)3/h5,8-12,16H,4,6-7,13H2,1-3H3,(H,22,23). The van der Waals surface area contributed by atoms with E-state index in [4.69, 9.17) is 9.47 Å². The number of hydrogen-bond donors (Lipinski definition) is 1. The highest BCUT2D eigenvalue weighted by molar-refractivity contribution is 5.85. The van der Waals surface area contributed by atoms with Gasteiger partial charge in [-0.15, -0.1) is 0 Å². The van der Waals surface area contributed by atoms with E-state index < -0.39 is 6.09 Å². The van der Waals surface area contributed by atoms with Crippen LogP contribution in [0.2, 0.25) is 0 Å². The maximum Gasteiger partial charge on any atom is 0.411 e. The summed E-state index contributed by atoms with van der Waals surface area (Å²) in [6, 6.07) is 12.4. The molecule has 0 spiro atoms. The van der Waals surface area contributed by atoms with Crippen molar-refractivity contribution in [1.29, 1.82) is 0 Å². The number of aryl methyl sites for hydroxylation is 2. The molecule has 0 saturated heterocycles. The Morgan fingerprint density at radius 2 is 1.96 bits per heavy atom. The van der Waals surface area contributed by atoms with Gasteiger partial charge >= 0.3 is 6.09 Å². The van der Waals surface area contributed by atoms with Crippen molar-refractivity contribution in [3.63, 3.8) is 0 Å². The molecule has 0 unspecified atom stereocenters. The lowest BCUT2D eigenvalue weighted by molar-refractivity contribution is 0.168. The summed E-state index contributed by atoms with van der Waals surface area (Å²) >= 11 is 0. The predicted molar refractivity (Wildman–Crippen MR) is 99.3 cm³/mol. The van der Waals surface area contributed by atoms with Crippen molar-refractivity contribution < 1.29 is 14.3 Å². The zero-order valence-corrected chi connectivity index (χ0v) is 15.1. The summed E-state index contributed by atoms with van der Waals surface area (Å²) in [6.07, 6.45) is 2.01. The predicted octanol–water partition coefficient (Wildman–Crippen LogP) is 5.33. The number of carbonyl (C=O) groups is 1. The van der Waals surface area contributed by atoms with Gasteiger partial charge in [0.1, 0.15) is 12.4 Å². The van der Waals surface area contributed by atoms with Crippen molar-refractivity contribution in [1.82, 2.24) is 0 Å². The van der Waals surface area contributed by atoms with Gasteiger partial charge in [-0.3, -0.25) is 5.32 Å². The van der Waals surface area contributed by atoms with E-state index >= 15 is 0 Å². The molecule has 4 nitrogen and oxygen atoms in total. The summed E-state index contributed by atoms with van der Waals surface area (Å²) in [4.78, 5) is 11.9. The fourth-order valence-corrected chi connectivity index (χ4v) is 2.90. The quantitative estimate of drug-likeness (QED) is 0.774. The van der Waals surface area contributed by atoms with E-state index in [9.17, 15) is 4.79 Å². The summed E-state index contributed by atoms with van der Waals surface area (Å²) < 4.78 is 11.0. The molecule has 1 amide bonds. The topological polar surface area (TPSA) is 47.6 Å². The first-order valence-electron chi connectivity index (χ1n) is 8.83. The van der Waals surface area contributed by atoms with Gasteiger partial charge in [-0.2, -0.15) is 0 Å². The number of benzene rings is 2. The van der Waals surface area contributed by atoms with Gasteiger partial charge < -0.3 is 9.47 Å². The van der Waals surface area contributed by atoms with Crippen LogP contribution in [0.1, 0.15) is 47.9 Å². The van der Waals surface area contributed by atoms with Crippen LogP contribution in [0.15, 0.2) is 36.4 Å². The molecule has 2 aromatic carbocycles. The molecule has 0 bridgehead atoms. The normalized spacial score (nSPS) is 13.4. The number of amides is 1. The van der Waals surface area contributed by atoms with E-state index in [1.54, 1.807) is 6.92 Å². The van der Waals surface area contributed by atoms with Gasteiger partial charge in [-0.05, 0) is 62.8 Å². The van der Waals surface area contributed by atoms with Crippen LogP contribution in [0, 0.1) is 13.8 Å². The van der Waals surface area contributed by atoms with Crippen molar-refractivity contribution in [2.24, 2.45) is 0 Å². The smallest absolute Gasteiger partial charge is 0.411 e. The van der Waals surface area contributed by atoms with Crippen LogP contribution in [0.4, 0.5) is 10.5 Å². The Morgan fingerprint density at radius 3 is 2.64 bits per heavy atom. The van der Waals surface area contributed by atoms with Crippen molar-refractivity contribution in [3.05, 3.63) is 58.7 Å². The lowest BCUT2D eigenvalue weighted by Gasteiger charge is -2.15. The Kier molecular flexibility index (Phi) is 5.27. The van der Waals surface area contributed by atoms with Crippen LogP contribution in [0.5, 0.6) is 5.75 Å². The highest BCUT2D eigenvalue weighted by Gasteiger charge is 2.24. The molecule has 1 fully saturated rings. The Balaban J connectivity index is 1.77. The van der Waals surface area contributed by atoms with E-state index in [0.29, 0.717) is 19.1 Å². The van der Waals surface area contributed by atoms with E-state index in [-0.39, 0.29) is 0 Å². The molecule has 0 heterocycles. The first-order chi connectivity index (χ1) is 12.1. The molecule has 25 heavy (non-hydrogen) atoms. The molecular weight excluding hydrogens is 314 g/mol. The molecule has 0 atom stereocenters. The first-order valence-corrected chi connectivity index (χ1v) is 8.83. The second-order valence-electron chi connectivity index (χ2n) is 6.59. The van der Waals surface area contributed by atoms with E-state index in [1.165, 1.54) is 24.0 Å². The van der Waals surface area contributed by atoms with Gasteiger partial charge in [0.15, 0.2) is 0 Å². The number of anilines is 1. The third-order valence-corrected chi connectivity index (χ3v) is 4.41. The van der Waals surface area contributed by atoms with Crippen LogP contribution in [0.3, 0.4) is 0 Å². The molecule has 2 aromatic rings. The molecular formula is C21H25NO3. The van der Waals surface area contributed by atoms with Crippen LogP contribution < -0.4 is 10.1 Å². The maximum atomic E-state index is 11.9. The van der Waals surface area contributed by atoms with E-state index in [1.807, 2.05) is 25.1 Å². The zero-order valence-electron chi connectivity index (χ0n) is 15.1. The number of ether oxygens (including phenoxy) is 2. The summed E-state index contributed by atoms with van der Waals surface area (Å²) in [5.41, 5.74) is 5.30. The Morgan fingerprint density at radius 1 is 1.16 bits per heavy atom. The summed E-state index contributed by atoms with van der Waals surface area (Å²) in [6.45, 7) is 6.65. The van der Waals surface area contributed by atoms with Gasteiger partial charge in [-0.25, -0.2) is 4.79 Å². The Hall–Kier alpha value is -2.49. The maximum absolute atomic E-state index is 11.9. The zero-order chi connectivity index (χ0) is 17.8. The fraction of sp³-hybridized carbons (Fsp3) is 0.381. The van der Waals surface area contributed by atoms with Gasteiger partial charge in [0.05, 0.1) is 12.3 Å². The van der Waals surface area contributed by atoms with Crippen LogP contribution in [-0.4, -0.2) is 12.7 Å².